The van der Waals surface area contributed by atoms with Crippen molar-refractivity contribution in [2.75, 3.05) is 11.4 Å². The van der Waals surface area contributed by atoms with Gasteiger partial charge in [-0.1, -0.05) is 35.1 Å². The van der Waals surface area contributed by atoms with Gasteiger partial charge in [-0.25, -0.2) is 9.50 Å². The lowest BCUT2D eigenvalue weighted by molar-refractivity contribution is 0.422. The van der Waals surface area contributed by atoms with Crippen LogP contribution >= 0.6 is 22.9 Å². The largest absolute Gasteiger partial charge is 0.336 e. The molecule has 2 aliphatic heterocycles. The molecule has 7 nitrogen and oxygen atoms in total. The van der Waals surface area contributed by atoms with Crippen LogP contribution in [0.25, 0.3) is 16.2 Å². The number of rotatable bonds is 3. The van der Waals surface area contributed by atoms with Crippen molar-refractivity contribution in [1.82, 2.24) is 29.4 Å². The molecule has 2 aliphatic rings. The van der Waals surface area contributed by atoms with E-state index in [4.69, 9.17) is 21.7 Å². The number of benzene rings is 1. The zero-order chi connectivity index (χ0) is 20.1. The first-order valence-corrected chi connectivity index (χ1v) is 11.8. The minimum absolute atomic E-state index is 0.240. The van der Waals surface area contributed by atoms with Crippen molar-refractivity contribution in [3.05, 3.63) is 47.1 Å². The van der Waals surface area contributed by atoms with Crippen LogP contribution in [0, 0.1) is 0 Å². The Balaban J connectivity index is 1.33. The third-order valence-corrected chi connectivity index (χ3v) is 7.32. The van der Waals surface area contributed by atoms with E-state index < -0.39 is 0 Å². The molecule has 4 aromatic rings. The third-order valence-electron chi connectivity index (χ3n) is 6.11. The summed E-state index contributed by atoms with van der Waals surface area (Å²) in [6, 6.07) is 8.00. The van der Waals surface area contributed by atoms with E-state index in [0.717, 1.165) is 64.0 Å². The number of hydrogen-bond donors (Lipinski definition) is 0. The van der Waals surface area contributed by atoms with Crippen molar-refractivity contribution in [3.63, 3.8) is 0 Å². The van der Waals surface area contributed by atoms with Crippen molar-refractivity contribution in [3.8, 4) is 11.3 Å². The number of fused-ring (bicyclic) bond motifs is 2. The van der Waals surface area contributed by atoms with Crippen molar-refractivity contribution in [2.24, 2.45) is 0 Å². The molecular weight excluding hydrogens is 418 g/mol. The minimum atomic E-state index is 0.240. The molecule has 3 aromatic heterocycles. The third kappa shape index (κ3) is 3.09. The summed E-state index contributed by atoms with van der Waals surface area (Å²) < 4.78 is 4.25. The Morgan fingerprint density at radius 3 is 2.73 bits per heavy atom. The van der Waals surface area contributed by atoms with Crippen LogP contribution in [0.15, 0.2) is 30.5 Å². The first-order chi connectivity index (χ1) is 14.8. The van der Waals surface area contributed by atoms with E-state index in [-0.39, 0.29) is 6.04 Å². The lowest BCUT2D eigenvalue weighted by Crippen LogP contribution is -2.35. The van der Waals surface area contributed by atoms with Crippen LogP contribution < -0.4 is 4.90 Å². The number of nitrogens with zero attached hydrogens (tertiary/aromatic N) is 7. The topological polar surface area (TPSA) is 64.1 Å². The maximum absolute atomic E-state index is 6.01. The standard InChI is InChI=1S/C21H22ClN7S/c22-15-9-7-14(8-10-15)16-13-29-20(23-16)30-21(26-29)27-11-3-1-5-17(27)19-25-24-18-6-2-4-12-28(18)19/h7-10,13,17H,1-6,11-12H2. The average molecular weight is 440 g/mol. The normalized spacial score (nSPS) is 19.4. The molecule has 1 fully saturated rings. The van der Waals surface area contributed by atoms with E-state index in [9.17, 15) is 0 Å². The van der Waals surface area contributed by atoms with Crippen LogP contribution in [0.2, 0.25) is 5.02 Å². The van der Waals surface area contributed by atoms with Gasteiger partial charge in [0, 0.05) is 30.1 Å². The number of hydrogen-bond acceptors (Lipinski definition) is 6. The molecule has 154 valence electrons. The number of imidazole rings is 1. The summed E-state index contributed by atoms with van der Waals surface area (Å²) >= 11 is 7.66. The van der Waals surface area contributed by atoms with E-state index in [0.29, 0.717) is 0 Å². The Hall–Kier alpha value is -2.45. The second kappa shape index (κ2) is 7.35. The van der Waals surface area contributed by atoms with Gasteiger partial charge < -0.3 is 9.47 Å². The quantitative estimate of drug-likeness (QED) is 0.460. The Morgan fingerprint density at radius 2 is 1.87 bits per heavy atom. The molecule has 1 aromatic carbocycles. The number of aryl methyl sites for hydroxylation is 1. The highest BCUT2D eigenvalue weighted by atomic mass is 35.5. The van der Waals surface area contributed by atoms with Crippen molar-refractivity contribution < 1.29 is 0 Å². The average Bonchev–Trinajstić information content (AvgIpc) is 3.47. The van der Waals surface area contributed by atoms with Gasteiger partial charge in [0.25, 0.3) is 0 Å². The summed E-state index contributed by atoms with van der Waals surface area (Å²) in [6.07, 6.45) is 8.95. The summed E-state index contributed by atoms with van der Waals surface area (Å²) in [5.74, 6) is 2.25. The summed E-state index contributed by atoms with van der Waals surface area (Å²) in [6.45, 7) is 2.03. The maximum atomic E-state index is 6.01. The van der Waals surface area contributed by atoms with Gasteiger partial charge in [0.05, 0.1) is 17.9 Å². The molecule has 1 atom stereocenters. The molecule has 1 unspecified atom stereocenters. The molecule has 0 saturated carbocycles. The van der Waals surface area contributed by atoms with Gasteiger partial charge in [0.1, 0.15) is 5.82 Å². The van der Waals surface area contributed by atoms with E-state index in [1.807, 2.05) is 35.0 Å². The molecule has 1 saturated heterocycles. The van der Waals surface area contributed by atoms with Crippen LogP contribution in [0.5, 0.6) is 0 Å². The lowest BCUT2D eigenvalue weighted by atomic mass is 10.0. The van der Waals surface area contributed by atoms with Gasteiger partial charge in [-0.15, -0.1) is 15.3 Å². The molecule has 0 spiro atoms. The van der Waals surface area contributed by atoms with Crippen LogP contribution in [-0.4, -0.2) is 35.9 Å². The highest BCUT2D eigenvalue weighted by molar-refractivity contribution is 7.20. The molecule has 0 amide bonds. The van der Waals surface area contributed by atoms with Gasteiger partial charge in [-0.05, 0) is 44.2 Å². The van der Waals surface area contributed by atoms with E-state index in [1.165, 1.54) is 25.7 Å². The summed E-state index contributed by atoms with van der Waals surface area (Å²) in [5, 5.41) is 15.7. The zero-order valence-corrected chi connectivity index (χ0v) is 18.1. The summed E-state index contributed by atoms with van der Waals surface area (Å²) in [7, 11) is 0. The molecule has 30 heavy (non-hydrogen) atoms. The smallest absolute Gasteiger partial charge is 0.214 e. The van der Waals surface area contributed by atoms with Crippen molar-refractivity contribution in [1.29, 1.82) is 0 Å². The fourth-order valence-electron chi connectivity index (χ4n) is 4.57. The Kier molecular flexibility index (Phi) is 4.49. The van der Waals surface area contributed by atoms with E-state index in [2.05, 4.69) is 19.7 Å². The van der Waals surface area contributed by atoms with Gasteiger partial charge in [-0.2, -0.15) is 0 Å². The Morgan fingerprint density at radius 1 is 1.00 bits per heavy atom. The lowest BCUT2D eigenvalue weighted by Gasteiger charge is -2.35. The molecule has 9 heteroatoms. The molecule has 0 N–H and O–H groups in total. The monoisotopic (exact) mass is 439 g/mol. The number of piperidine rings is 1. The van der Waals surface area contributed by atoms with Crippen LogP contribution in [-0.2, 0) is 13.0 Å². The van der Waals surface area contributed by atoms with Crippen LogP contribution in [0.4, 0.5) is 5.13 Å². The zero-order valence-electron chi connectivity index (χ0n) is 16.5. The highest BCUT2D eigenvalue weighted by Crippen LogP contribution is 2.37. The number of aromatic nitrogens is 6. The van der Waals surface area contributed by atoms with Crippen LogP contribution in [0.1, 0.15) is 49.8 Å². The first-order valence-electron chi connectivity index (χ1n) is 10.6. The first kappa shape index (κ1) is 18.3. The van der Waals surface area contributed by atoms with E-state index in [1.54, 1.807) is 11.3 Å². The number of halogens is 1. The van der Waals surface area contributed by atoms with Crippen LogP contribution in [0.3, 0.4) is 0 Å². The molecular formula is C21H22ClN7S. The second-order valence-corrected chi connectivity index (χ2v) is 9.40. The predicted octanol–water partition coefficient (Wildman–Crippen LogP) is 4.77. The molecule has 6 rings (SSSR count). The Labute approximate surface area is 183 Å². The van der Waals surface area contributed by atoms with E-state index >= 15 is 0 Å². The molecule has 0 aliphatic carbocycles. The van der Waals surface area contributed by atoms with Gasteiger partial charge in [0.15, 0.2) is 5.82 Å². The molecule has 0 radical (unpaired) electrons. The van der Waals surface area contributed by atoms with Gasteiger partial charge in [-0.3, -0.25) is 0 Å². The predicted molar refractivity (Wildman–Crippen MR) is 118 cm³/mol. The highest BCUT2D eigenvalue weighted by Gasteiger charge is 2.32. The van der Waals surface area contributed by atoms with Crippen molar-refractivity contribution >= 4 is 33.0 Å². The molecule has 5 heterocycles. The fourth-order valence-corrected chi connectivity index (χ4v) is 5.66. The van der Waals surface area contributed by atoms with Gasteiger partial charge in [0.2, 0.25) is 10.1 Å². The SMILES string of the molecule is Clc1ccc(-c2cn3nc(N4CCCCC4c4nnc5n4CCCC5)sc3n2)cc1. The fraction of sp³-hybridized carbons (Fsp3) is 0.429. The minimum Gasteiger partial charge on any atom is -0.336 e. The van der Waals surface area contributed by atoms with Gasteiger partial charge >= 0.3 is 0 Å². The summed E-state index contributed by atoms with van der Waals surface area (Å²) in [4.78, 5) is 8.12. The summed E-state index contributed by atoms with van der Waals surface area (Å²) in [5.41, 5.74) is 1.96. The van der Waals surface area contributed by atoms with Crippen molar-refractivity contribution in [2.45, 2.75) is 51.1 Å². The number of anilines is 1. The molecule has 0 bridgehead atoms. The maximum Gasteiger partial charge on any atom is 0.214 e. The Bertz CT molecular complexity index is 1160. The second-order valence-electron chi connectivity index (χ2n) is 8.03.